The van der Waals surface area contributed by atoms with E-state index in [1.165, 1.54) is 6.21 Å². The molecule has 40 heavy (non-hydrogen) atoms. The second kappa shape index (κ2) is 13.5. The van der Waals surface area contributed by atoms with Crippen LogP contribution in [0.25, 0.3) is 0 Å². The molecule has 1 amide bonds. The van der Waals surface area contributed by atoms with Crippen LogP contribution in [0, 0.1) is 19.3 Å². The lowest BCUT2D eigenvalue weighted by Crippen LogP contribution is -2.48. The maximum absolute atomic E-state index is 13.7. The maximum Gasteiger partial charge on any atom is 0.253 e. The van der Waals surface area contributed by atoms with Crippen LogP contribution < -0.4 is 21.1 Å². The van der Waals surface area contributed by atoms with Crippen LogP contribution in [0.15, 0.2) is 16.9 Å². The molecule has 1 aliphatic heterocycles. The first-order valence-electron chi connectivity index (χ1n) is 14.8. The van der Waals surface area contributed by atoms with Crippen molar-refractivity contribution in [2.45, 2.75) is 78.4 Å². The van der Waals surface area contributed by atoms with Crippen LogP contribution in [0.5, 0.6) is 0 Å². The van der Waals surface area contributed by atoms with Crippen molar-refractivity contribution in [3.8, 4) is 0 Å². The normalized spacial score (nSPS) is 19.7. The number of nitrogens with zero attached hydrogens (tertiary/aromatic N) is 2. The first-order valence-corrected chi connectivity index (χ1v) is 14.8. The molecule has 1 saturated heterocycles. The van der Waals surface area contributed by atoms with E-state index in [9.17, 15) is 9.59 Å². The average Bonchev–Trinajstić information content (AvgIpc) is 2.97. The average molecular weight is 551 g/mol. The SMILES string of the molecule is CCc1c(C(=O)NCc2c(C)cc(C)[nH]c2=O)cc(NC)c(C=N)c1N(CC)C1CCC(N2CCOCC2)CC1. The summed E-state index contributed by atoms with van der Waals surface area (Å²) in [6.45, 7) is 12.6. The van der Waals surface area contributed by atoms with Gasteiger partial charge in [0.2, 0.25) is 0 Å². The highest BCUT2D eigenvalue weighted by Crippen LogP contribution is 2.38. The number of nitrogens with one attached hydrogen (secondary N) is 4. The summed E-state index contributed by atoms with van der Waals surface area (Å²) in [5.74, 6) is -0.211. The Balaban J connectivity index is 1.63. The summed E-state index contributed by atoms with van der Waals surface area (Å²) in [5, 5.41) is 14.6. The van der Waals surface area contributed by atoms with E-state index in [0.29, 0.717) is 29.6 Å². The number of pyridine rings is 1. The predicted octanol–water partition coefficient (Wildman–Crippen LogP) is 3.99. The molecule has 9 heteroatoms. The molecule has 2 heterocycles. The summed E-state index contributed by atoms with van der Waals surface area (Å²) in [6, 6.07) is 4.73. The third kappa shape index (κ3) is 6.25. The molecule has 2 aliphatic rings. The van der Waals surface area contributed by atoms with Crippen LogP contribution in [-0.2, 0) is 17.7 Å². The van der Waals surface area contributed by atoms with Crippen molar-refractivity contribution in [1.82, 2.24) is 15.2 Å². The molecule has 4 N–H and O–H groups in total. The molecule has 1 aliphatic carbocycles. The van der Waals surface area contributed by atoms with Gasteiger partial charge in [0.05, 0.1) is 18.9 Å². The van der Waals surface area contributed by atoms with Crippen LogP contribution in [0.1, 0.15) is 77.8 Å². The van der Waals surface area contributed by atoms with Crippen molar-refractivity contribution in [2.75, 3.05) is 50.1 Å². The third-order valence-corrected chi connectivity index (χ3v) is 8.67. The van der Waals surface area contributed by atoms with Crippen molar-refractivity contribution in [2.24, 2.45) is 0 Å². The summed E-state index contributed by atoms with van der Waals surface area (Å²) in [4.78, 5) is 34.1. The van der Waals surface area contributed by atoms with Gasteiger partial charge >= 0.3 is 0 Å². The number of ether oxygens (including phenoxy) is 1. The van der Waals surface area contributed by atoms with E-state index in [0.717, 1.165) is 92.3 Å². The van der Waals surface area contributed by atoms with Gasteiger partial charge in [0, 0.05) is 79.6 Å². The van der Waals surface area contributed by atoms with Crippen LogP contribution in [0.3, 0.4) is 0 Å². The Bertz CT molecular complexity index is 1260. The number of amides is 1. The van der Waals surface area contributed by atoms with E-state index in [1.807, 2.05) is 33.0 Å². The van der Waals surface area contributed by atoms with Crippen LogP contribution >= 0.6 is 0 Å². The molecule has 4 rings (SSSR count). The summed E-state index contributed by atoms with van der Waals surface area (Å²) in [6.07, 6.45) is 6.53. The highest BCUT2D eigenvalue weighted by molar-refractivity contribution is 6.04. The number of carbonyl (C=O) groups is 1. The summed E-state index contributed by atoms with van der Waals surface area (Å²) < 4.78 is 5.56. The lowest BCUT2D eigenvalue weighted by molar-refractivity contribution is 0.00730. The number of aromatic nitrogens is 1. The fourth-order valence-corrected chi connectivity index (χ4v) is 6.61. The Morgan fingerprint density at radius 1 is 1.15 bits per heavy atom. The van der Waals surface area contributed by atoms with E-state index in [-0.39, 0.29) is 18.0 Å². The van der Waals surface area contributed by atoms with E-state index >= 15 is 0 Å². The topological polar surface area (TPSA) is 114 Å². The lowest BCUT2D eigenvalue weighted by Gasteiger charge is -2.43. The lowest BCUT2D eigenvalue weighted by atomic mass is 9.87. The van der Waals surface area contributed by atoms with E-state index in [2.05, 4.69) is 39.3 Å². The highest BCUT2D eigenvalue weighted by Gasteiger charge is 2.32. The van der Waals surface area contributed by atoms with Gasteiger partial charge in [-0.15, -0.1) is 0 Å². The Labute approximate surface area is 238 Å². The molecule has 1 aromatic carbocycles. The zero-order chi connectivity index (χ0) is 28.8. The fraction of sp³-hybridized carbons (Fsp3) is 0.581. The summed E-state index contributed by atoms with van der Waals surface area (Å²) in [5.41, 5.74) is 6.15. The molecule has 0 atom stereocenters. The Morgan fingerprint density at radius 3 is 2.42 bits per heavy atom. The van der Waals surface area contributed by atoms with Gasteiger partial charge in [-0.2, -0.15) is 0 Å². The second-order valence-corrected chi connectivity index (χ2v) is 11.0. The van der Waals surface area contributed by atoms with Gasteiger partial charge in [-0.1, -0.05) is 6.92 Å². The number of anilines is 2. The number of hydrogen-bond donors (Lipinski definition) is 4. The minimum absolute atomic E-state index is 0.156. The minimum Gasteiger partial charge on any atom is -0.388 e. The van der Waals surface area contributed by atoms with Gasteiger partial charge in [-0.25, -0.2) is 0 Å². The maximum atomic E-state index is 13.7. The molecule has 2 fully saturated rings. The molecular formula is C31H46N6O3. The van der Waals surface area contributed by atoms with Crippen LogP contribution in [-0.4, -0.2) is 74.0 Å². The zero-order valence-corrected chi connectivity index (χ0v) is 24.8. The second-order valence-electron chi connectivity index (χ2n) is 11.0. The zero-order valence-electron chi connectivity index (χ0n) is 24.8. The first kappa shape index (κ1) is 29.8. The molecule has 0 spiro atoms. The summed E-state index contributed by atoms with van der Waals surface area (Å²) in [7, 11) is 1.83. The number of aromatic amines is 1. The minimum atomic E-state index is -0.211. The molecule has 0 bridgehead atoms. The van der Waals surface area contributed by atoms with Crippen molar-refractivity contribution in [1.29, 1.82) is 5.41 Å². The quantitative estimate of drug-likeness (QED) is 0.333. The van der Waals surface area contributed by atoms with E-state index in [1.54, 1.807) is 0 Å². The van der Waals surface area contributed by atoms with E-state index < -0.39 is 0 Å². The number of hydrogen-bond acceptors (Lipinski definition) is 7. The molecule has 0 radical (unpaired) electrons. The van der Waals surface area contributed by atoms with Crippen molar-refractivity contribution < 1.29 is 9.53 Å². The molecule has 9 nitrogen and oxygen atoms in total. The third-order valence-electron chi connectivity index (χ3n) is 8.67. The van der Waals surface area contributed by atoms with Crippen molar-refractivity contribution in [3.05, 3.63) is 56.0 Å². The Morgan fingerprint density at radius 2 is 1.85 bits per heavy atom. The van der Waals surface area contributed by atoms with E-state index in [4.69, 9.17) is 10.1 Å². The van der Waals surface area contributed by atoms with Crippen molar-refractivity contribution in [3.63, 3.8) is 0 Å². The van der Waals surface area contributed by atoms with Crippen LogP contribution in [0.2, 0.25) is 0 Å². The predicted molar refractivity (Wildman–Crippen MR) is 162 cm³/mol. The van der Waals surface area contributed by atoms with Crippen LogP contribution in [0.4, 0.5) is 11.4 Å². The monoisotopic (exact) mass is 550 g/mol. The largest absolute Gasteiger partial charge is 0.388 e. The molecule has 2 aromatic rings. The van der Waals surface area contributed by atoms with Crippen molar-refractivity contribution >= 4 is 23.5 Å². The Hall–Kier alpha value is -3.17. The molecule has 1 saturated carbocycles. The standard InChI is InChI=1S/C31H46N6O3/c1-6-24-25(30(38)34-19-27-20(3)16-21(4)35-31(27)39)17-28(33-5)26(18-32)29(24)37(7-2)23-10-8-22(9-11-23)36-12-14-40-15-13-36/h16-18,22-23,32-33H,6-15,19H2,1-5H3,(H,34,38)(H,35,39). The van der Waals surface area contributed by atoms with Gasteiger partial charge in [0.1, 0.15) is 0 Å². The summed E-state index contributed by atoms with van der Waals surface area (Å²) >= 11 is 0. The molecule has 218 valence electrons. The van der Waals surface area contributed by atoms with Gasteiger partial charge in [0.25, 0.3) is 11.5 Å². The number of aryl methyl sites for hydroxylation is 2. The number of carbonyl (C=O) groups excluding carboxylic acids is 1. The molecule has 0 unspecified atom stereocenters. The van der Waals surface area contributed by atoms with Gasteiger partial charge < -0.3 is 30.7 Å². The number of morpholine rings is 1. The number of rotatable bonds is 10. The number of H-pyrrole nitrogens is 1. The smallest absolute Gasteiger partial charge is 0.253 e. The molecular weight excluding hydrogens is 504 g/mol. The highest BCUT2D eigenvalue weighted by atomic mass is 16.5. The van der Waals surface area contributed by atoms with Gasteiger partial charge in [-0.05, 0) is 76.1 Å². The number of benzene rings is 1. The first-order chi connectivity index (χ1) is 19.3. The molecule has 1 aromatic heterocycles. The Kier molecular flexibility index (Phi) is 10.0. The fourth-order valence-electron chi connectivity index (χ4n) is 6.61. The van der Waals surface area contributed by atoms with Gasteiger partial charge in [0.15, 0.2) is 0 Å². The van der Waals surface area contributed by atoms with Gasteiger partial charge in [-0.3, -0.25) is 14.5 Å².